The van der Waals surface area contributed by atoms with Crippen LogP contribution in [0.25, 0.3) is 0 Å². The lowest BCUT2D eigenvalue weighted by atomic mass is 10.1. The van der Waals surface area contributed by atoms with Gasteiger partial charge in [0.1, 0.15) is 0 Å². The van der Waals surface area contributed by atoms with Crippen LogP contribution in [0.1, 0.15) is 42.6 Å². The standard InChI is InChI=1S/C17H26N2O4S/c1-4-5-14(3)18-24(21,22)15-7-6-13(2)16(12-15)17(20)19-8-10-23-11-9-19/h6-7,12,14,18H,4-5,8-11H2,1-3H3/t14-/m1/s1. The number of nitrogens with one attached hydrogen (secondary N) is 1. The highest BCUT2D eigenvalue weighted by Crippen LogP contribution is 2.19. The number of benzene rings is 1. The minimum Gasteiger partial charge on any atom is -0.378 e. The van der Waals surface area contributed by atoms with Crippen molar-refractivity contribution in [3.63, 3.8) is 0 Å². The molecule has 1 aliphatic rings. The Hall–Kier alpha value is -1.44. The molecule has 1 amide bonds. The molecule has 0 saturated carbocycles. The summed E-state index contributed by atoms with van der Waals surface area (Å²) in [4.78, 5) is 14.5. The number of sulfonamides is 1. The second-order valence-electron chi connectivity index (χ2n) is 6.19. The highest BCUT2D eigenvalue weighted by Gasteiger charge is 2.23. The minimum absolute atomic E-state index is 0.132. The molecule has 1 fully saturated rings. The van der Waals surface area contributed by atoms with Crippen molar-refractivity contribution in [3.05, 3.63) is 29.3 Å². The molecule has 1 N–H and O–H groups in total. The van der Waals surface area contributed by atoms with Crippen LogP contribution in [0, 0.1) is 6.92 Å². The van der Waals surface area contributed by atoms with Crippen molar-refractivity contribution in [2.45, 2.75) is 44.6 Å². The summed E-state index contributed by atoms with van der Waals surface area (Å²) in [6.07, 6.45) is 1.67. The summed E-state index contributed by atoms with van der Waals surface area (Å²) in [6, 6.07) is 4.58. The van der Waals surface area contributed by atoms with Crippen LogP contribution >= 0.6 is 0 Å². The molecule has 24 heavy (non-hydrogen) atoms. The molecule has 2 rings (SSSR count). The number of hydrogen-bond acceptors (Lipinski definition) is 4. The van der Waals surface area contributed by atoms with Crippen molar-refractivity contribution < 1.29 is 17.9 Å². The maximum absolute atomic E-state index is 12.7. The fraction of sp³-hybridized carbons (Fsp3) is 0.588. The lowest BCUT2D eigenvalue weighted by Gasteiger charge is -2.27. The van der Waals surface area contributed by atoms with Gasteiger partial charge in [0.2, 0.25) is 10.0 Å². The number of carbonyl (C=O) groups excluding carboxylic acids is 1. The fourth-order valence-corrected chi connectivity index (χ4v) is 4.06. The van der Waals surface area contributed by atoms with Crippen LogP contribution in [0.3, 0.4) is 0 Å². The molecule has 0 aliphatic carbocycles. The van der Waals surface area contributed by atoms with Gasteiger partial charge in [-0.05, 0) is 38.0 Å². The van der Waals surface area contributed by atoms with E-state index >= 15 is 0 Å². The number of aryl methyl sites for hydroxylation is 1. The molecule has 1 aromatic rings. The predicted octanol–water partition coefficient (Wildman–Crippen LogP) is 1.93. The molecule has 1 heterocycles. The first-order valence-electron chi connectivity index (χ1n) is 8.35. The van der Waals surface area contributed by atoms with Crippen LogP contribution in [-0.4, -0.2) is 51.6 Å². The number of morpholine rings is 1. The molecule has 134 valence electrons. The molecular formula is C17H26N2O4S. The Kier molecular flexibility index (Phi) is 6.37. The minimum atomic E-state index is -3.63. The highest BCUT2D eigenvalue weighted by molar-refractivity contribution is 7.89. The smallest absolute Gasteiger partial charge is 0.254 e. The molecule has 0 bridgehead atoms. The first-order valence-corrected chi connectivity index (χ1v) is 9.83. The van der Waals surface area contributed by atoms with E-state index in [1.807, 2.05) is 20.8 Å². The lowest BCUT2D eigenvalue weighted by molar-refractivity contribution is 0.0302. The Balaban J connectivity index is 2.25. The van der Waals surface area contributed by atoms with Gasteiger partial charge in [-0.25, -0.2) is 13.1 Å². The first kappa shape index (κ1) is 18.9. The second kappa shape index (κ2) is 8.09. The Morgan fingerprint density at radius 1 is 1.33 bits per heavy atom. The molecule has 1 aromatic carbocycles. The summed E-state index contributed by atoms with van der Waals surface area (Å²) in [5, 5.41) is 0. The average molecular weight is 354 g/mol. The van der Waals surface area contributed by atoms with Crippen LogP contribution in [0.15, 0.2) is 23.1 Å². The van der Waals surface area contributed by atoms with Gasteiger partial charge >= 0.3 is 0 Å². The monoisotopic (exact) mass is 354 g/mol. The number of nitrogens with zero attached hydrogens (tertiary/aromatic N) is 1. The highest BCUT2D eigenvalue weighted by atomic mass is 32.2. The van der Waals surface area contributed by atoms with E-state index in [-0.39, 0.29) is 16.8 Å². The van der Waals surface area contributed by atoms with Gasteiger partial charge in [-0.15, -0.1) is 0 Å². The van der Waals surface area contributed by atoms with E-state index in [0.717, 1.165) is 18.4 Å². The molecule has 0 spiro atoms. The van der Waals surface area contributed by atoms with Crippen molar-refractivity contribution in [1.82, 2.24) is 9.62 Å². The lowest BCUT2D eigenvalue weighted by Crippen LogP contribution is -2.41. The van der Waals surface area contributed by atoms with Gasteiger partial charge in [0, 0.05) is 24.7 Å². The number of amides is 1. The summed E-state index contributed by atoms with van der Waals surface area (Å²) in [5.41, 5.74) is 1.20. The van der Waals surface area contributed by atoms with Gasteiger partial charge in [-0.2, -0.15) is 0 Å². The number of hydrogen-bond donors (Lipinski definition) is 1. The van der Waals surface area contributed by atoms with E-state index in [1.54, 1.807) is 17.0 Å². The van der Waals surface area contributed by atoms with E-state index in [1.165, 1.54) is 6.07 Å². The van der Waals surface area contributed by atoms with Crippen LogP contribution < -0.4 is 4.72 Å². The van der Waals surface area contributed by atoms with E-state index < -0.39 is 10.0 Å². The van der Waals surface area contributed by atoms with Crippen molar-refractivity contribution in [2.75, 3.05) is 26.3 Å². The van der Waals surface area contributed by atoms with E-state index in [2.05, 4.69) is 4.72 Å². The van der Waals surface area contributed by atoms with Crippen molar-refractivity contribution >= 4 is 15.9 Å². The maximum Gasteiger partial charge on any atom is 0.254 e. The third-order valence-electron chi connectivity index (χ3n) is 4.13. The summed E-state index contributed by atoms with van der Waals surface area (Å²) < 4.78 is 33.0. The molecule has 6 nitrogen and oxygen atoms in total. The van der Waals surface area contributed by atoms with Crippen molar-refractivity contribution in [2.24, 2.45) is 0 Å². The summed E-state index contributed by atoms with van der Waals surface area (Å²) >= 11 is 0. The molecule has 0 radical (unpaired) electrons. The van der Waals surface area contributed by atoms with Crippen LogP contribution in [0.4, 0.5) is 0 Å². The van der Waals surface area contributed by atoms with Crippen LogP contribution in [-0.2, 0) is 14.8 Å². The Morgan fingerprint density at radius 3 is 2.62 bits per heavy atom. The fourth-order valence-electron chi connectivity index (χ4n) is 2.76. The molecular weight excluding hydrogens is 328 g/mol. The molecule has 0 unspecified atom stereocenters. The van der Waals surface area contributed by atoms with E-state index in [9.17, 15) is 13.2 Å². The topological polar surface area (TPSA) is 75.7 Å². The van der Waals surface area contributed by atoms with E-state index in [0.29, 0.717) is 31.9 Å². The maximum atomic E-state index is 12.7. The summed E-state index contributed by atoms with van der Waals surface area (Å²) in [5.74, 6) is -0.144. The number of ether oxygens (including phenoxy) is 1. The molecule has 1 atom stereocenters. The van der Waals surface area contributed by atoms with E-state index in [4.69, 9.17) is 4.74 Å². The quantitative estimate of drug-likeness (QED) is 0.847. The average Bonchev–Trinajstić information content (AvgIpc) is 2.55. The van der Waals surface area contributed by atoms with Gasteiger partial charge in [0.25, 0.3) is 5.91 Å². The molecule has 0 aromatic heterocycles. The molecule has 1 aliphatic heterocycles. The number of rotatable bonds is 6. The van der Waals surface area contributed by atoms with Gasteiger partial charge in [0.15, 0.2) is 0 Å². The van der Waals surface area contributed by atoms with Gasteiger partial charge in [-0.1, -0.05) is 19.4 Å². The predicted molar refractivity (Wildman–Crippen MR) is 92.6 cm³/mol. The largest absolute Gasteiger partial charge is 0.378 e. The first-order chi connectivity index (χ1) is 11.3. The van der Waals surface area contributed by atoms with Crippen LogP contribution in [0.5, 0.6) is 0 Å². The Labute approximate surface area is 144 Å². The molecule has 1 saturated heterocycles. The zero-order chi connectivity index (χ0) is 17.7. The second-order valence-corrected chi connectivity index (χ2v) is 7.91. The Bertz CT molecular complexity index is 682. The van der Waals surface area contributed by atoms with Crippen LogP contribution in [0.2, 0.25) is 0 Å². The summed E-state index contributed by atoms with van der Waals surface area (Å²) in [6.45, 7) is 7.75. The third kappa shape index (κ3) is 4.55. The van der Waals surface area contributed by atoms with Gasteiger partial charge in [0.05, 0.1) is 18.1 Å². The third-order valence-corrected chi connectivity index (χ3v) is 5.71. The normalized spacial score (nSPS) is 16.9. The number of carbonyl (C=O) groups is 1. The zero-order valence-electron chi connectivity index (χ0n) is 14.5. The zero-order valence-corrected chi connectivity index (χ0v) is 15.4. The Morgan fingerprint density at radius 2 is 2.00 bits per heavy atom. The SMILES string of the molecule is CCC[C@@H](C)NS(=O)(=O)c1ccc(C)c(C(=O)N2CCOCC2)c1. The summed E-state index contributed by atoms with van der Waals surface area (Å²) in [7, 11) is -3.63. The van der Waals surface area contributed by atoms with Gasteiger partial charge < -0.3 is 9.64 Å². The van der Waals surface area contributed by atoms with Crippen molar-refractivity contribution in [3.8, 4) is 0 Å². The molecule has 7 heteroatoms. The van der Waals surface area contributed by atoms with Crippen molar-refractivity contribution in [1.29, 1.82) is 0 Å². The van der Waals surface area contributed by atoms with Gasteiger partial charge in [-0.3, -0.25) is 4.79 Å².